The van der Waals surface area contributed by atoms with Gasteiger partial charge in [0.05, 0.1) is 0 Å². The lowest BCUT2D eigenvalue weighted by Gasteiger charge is -2.10. The highest BCUT2D eigenvalue weighted by Crippen LogP contribution is 2.25. The number of aromatic nitrogens is 2. The van der Waals surface area contributed by atoms with Gasteiger partial charge in [-0.15, -0.1) is 0 Å². The third kappa shape index (κ3) is 4.08. The molecule has 2 aromatic carbocycles. The van der Waals surface area contributed by atoms with E-state index in [9.17, 15) is 4.79 Å². The largest absolute Gasteiger partial charge is 0.434 e. The van der Waals surface area contributed by atoms with Crippen LogP contribution in [0.1, 0.15) is 10.4 Å². The number of oxazole rings is 1. The van der Waals surface area contributed by atoms with Gasteiger partial charge in [0, 0.05) is 27.5 Å². The molecular formula is C20H13BrN4O2S. The van der Waals surface area contributed by atoms with Crippen LogP contribution in [0, 0.1) is 0 Å². The lowest BCUT2D eigenvalue weighted by molar-refractivity contribution is 0.0977. The number of nitrogens with zero attached hydrogens (tertiary/aromatic N) is 2. The molecule has 0 bridgehead atoms. The average molecular weight is 453 g/mol. The van der Waals surface area contributed by atoms with Gasteiger partial charge in [0.25, 0.3) is 5.91 Å². The quantitative estimate of drug-likeness (QED) is 0.435. The Morgan fingerprint density at radius 2 is 1.93 bits per heavy atom. The molecule has 0 fully saturated rings. The van der Waals surface area contributed by atoms with Crippen molar-refractivity contribution in [2.75, 3.05) is 5.32 Å². The second-order valence-corrected chi connectivity index (χ2v) is 7.17. The predicted octanol–water partition coefficient (Wildman–Crippen LogP) is 4.78. The highest BCUT2D eigenvalue weighted by Gasteiger charge is 2.11. The van der Waals surface area contributed by atoms with Crippen molar-refractivity contribution in [3.05, 3.63) is 76.9 Å². The lowest BCUT2D eigenvalue weighted by Crippen LogP contribution is -2.34. The fourth-order valence-electron chi connectivity index (χ4n) is 2.59. The van der Waals surface area contributed by atoms with Gasteiger partial charge < -0.3 is 9.73 Å². The smallest absolute Gasteiger partial charge is 0.257 e. The zero-order valence-corrected chi connectivity index (χ0v) is 16.8. The normalized spacial score (nSPS) is 10.6. The van der Waals surface area contributed by atoms with Gasteiger partial charge >= 0.3 is 0 Å². The minimum Gasteiger partial charge on any atom is -0.434 e. The number of thiocarbonyl (C=S) groups is 1. The number of carbonyl (C=O) groups is 1. The van der Waals surface area contributed by atoms with Crippen LogP contribution < -0.4 is 10.6 Å². The fraction of sp³-hybridized carbons (Fsp3) is 0. The number of fused-ring (bicyclic) bond motifs is 1. The summed E-state index contributed by atoms with van der Waals surface area (Å²) in [6, 6.07) is 18.1. The first-order valence-electron chi connectivity index (χ1n) is 8.28. The van der Waals surface area contributed by atoms with Gasteiger partial charge in [0.2, 0.25) is 5.89 Å². The average Bonchev–Trinajstić information content (AvgIpc) is 3.12. The Morgan fingerprint density at radius 3 is 2.75 bits per heavy atom. The topological polar surface area (TPSA) is 80.0 Å². The van der Waals surface area contributed by atoms with E-state index in [0.29, 0.717) is 28.4 Å². The van der Waals surface area contributed by atoms with Gasteiger partial charge in [0.15, 0.2) is 16.3 Å². The van der Waals surface area contributed by atoms with Crippen molar-refractivity contribution in [3.63, 3.8) is 0 Å². The summed E-state index contributed by atoms with van der Waals surface area (Å²) in [6.07, 6.45) is 1.67. The van der Waals surface area contributed by atoms with Crippen molar-refractivity contribution in [3.8, 4) is 11.5 Å². The molecule has 1 amide bonds. The van der Waals surface area contributed by atoms with Crippen LogP contribution in [0.25, 0.3) is 22.7 Å². The summed E-state index contributed by atoms with van der Waals surface area (Å²) in [5.41, 5.74) is 3.14. The molecule has 2 heterocycles. The molecule has 0 aliphatic heterocycles. The Kier molecular flexibility index (Phi) is 5.14. The molecule has 8 heteroatoms. The van der Waals surface area contributed by atoms with E-state index in [1.54, 1.807) is 30.5 Å². The molecule has 4 rings (SSSR count). The highest BCUT2D eigenvalue weighted by molar-refractivity contribution is 9.10. The zero-order chi connectivity index (χ0) is 19.5. The Hall–Kier alpha value is -3.10. The number of amides is 1. The highest BCUT2D eigenvalue weighted by atomic mass is 79.9. The molecule has 28 heavy (non-hydrogen) atoms. The SMILES string of the molecule is O=C(NC(=S)Nc1cccc(-c2nc3ncccc3o2)c1)c1cccc(Br)c1. The number of anilines is 1. The van der Waals surface area contributed by atoms with E-state index in [2.05, 4.69) is 36.5 Å². The molecule has 0 saturated heterocycles. The number of hydrogen-bond donors (Lipinski definition) is 2. The fourth-order valence-corrected chi connectivity index (χ4v) is 3.20. The van der Waals surface area contributed by atoms with Gasteiger partial charge in [-0.2, -0.15) is 4.98 Å². The molecule has 0 radical (unpaired) electrons. The van der Waals surface area contributed by atoms with Crippen LogP contribution in [0.2, 0.25) is 0 Å². The Labute approximate surface area is 174 Å². The van der Waals surface area contributed by atoms with Gasteiger partial charge in [-0.1, -0.05) is 28.1 Å². The first-order chi connectivity index (χ1) is 13.6. The first-order valence-corrected chi connectivity index (χ1v) is 9.48. The van der Waals surface area contributed by atoms with Crippen molar-refractivity contribution >= 4 is 56.1 Å². The molecular weight excluding hydrogens is 440 g/mol. The van der Waals surface area contributed by atoms with Crippen molar-refractivity contribution in [1.82, 2.24) is 15.3 Å². The summed E-state index contributed by atoms with van der Waals surface area (Å²) in [6.45, 7) is 0. The van der Waals surface area contributed by atoms with Crippen LogP contribution in [-0.4, -0.2) is 21.0 Å². The molecule has 0 aliphatic carbocycles. The summed E-state index contributed by atoms with van der Waals surface area (Å²) >= 11 is 8.60. The van der Waals surface area contributed by atoms with Gasteiger partial charge in [-0.25, -0.2) is 4.98 Å². The molecule has 2 aromatic heterocycles. The maximum Gasteiger partial charge on any atom is 0.257 e. The van der Waals surface area contributed by atoms with Gasteiger partial charge in [0.1, 0.15) is 0 Å². The minimum atomic E-state index is -0.292. The molecule has 0 spiro atoms. The van der Waals surface area contributed by atoms with Crippen LogP contribution >= 0.6 is 28.1 Å². The molecule has 2 N–H and O–H groups in total. The van der Waals surface area contributed by atoms with Crippen LogP contribution in [0.3, 0.4) is 0 Å². The van der Waals surface area contributed by atoms with Crippen molar-refractivity contribution in [2.24, 2.45) is 0 Å². The molecule has 4 aromatic rings. The third-order valence-corrected chi connectivity index (χ3v) is 4.54. The Balaban J connectivity index is 1.48. The van der Waals surface area contributed by atoms with E-state index < -0.39 is 0 Å². The number of hydrogen-bond acceptors (Lipinski definition) is 5. The van der Waals surface area contributed by atoms with Crippen LogP contribution in [0.5, 0.6) is 0 Å². The van der Waals surface area contributed by atoms with Crippen molar-refractivity contribution in [2.45, 2.75) is 0 Å². The van der Waals surface area contributed by atoms with E-state index in [1.165, 1.54) is 0 Å². The molecule has 0 unspecified atom stereocenters. The van der Waals surface area contributed by atoms with Crippen LogP contribution in [0.4, 0.5) is 5.69 Å². The summed E-state index contributed by atoms with van der Waals surface area (Å²) in [4.78, 5) is 20.9. The Bertz CT molecular complexity index is 1160. The molecule has 0 aliphatic rings. The summed E-state index contributed by atoms with van der Waals surface area (Å²) < 4.78 is 6.56. The predicted molar refractivity (Wildman–Crippen MR) is 115 cm³/mol. The second-order valence-electron chi connectivity index (χ2n) is 5.84. The number of rotatable bonds is 3. The minimum absolute atomic E-state index is 0.196. The second kappa shape index (κ2) is 7.87. The van der Waals surface area contributed by atoms with Crippen LogP contribution in [0.15, 0.2) is 75.8 Å². The number of pyridine rings is 1. The number of carbonyl (C=O) groups excluding carboxylic acids is 1. The first kappa shape index (κ1) is 18.3. The third-order valence-electron chi connectivity index (χ3n) is 3.85. The van der Waals surface area contributed by atoms with E-state index in [1.807, 2.05) is 36.4 Å². The van der Waals surface area contributed by atoms with E-state index >= 15 is 0 Å². The van der Waals surface area contributed by atoms with Crippen molar-refractivity contribution < 1.29 is 9.21 Å². The van der Waals surface area contributed by atoms with E-state index in [4.69, 9.17) is 16.6 Å². The molecule has 0 atom stereocenters. The molecule has 6 nitrogen and oxygen atoms in total. The van der Waals surface area contributed by atoms with E-state index in [0.717, 1.165) is 10.0 Å². The number of halogens is 1. The van der Waals surface area contributed by atoms with Crippen LogP contribution in [-0.2, 0) is 0 Å². The Morgan fingerprint density at radius 1 is 1.07 bits per heavy atom. The summed E-state index contributed by atoms with van der Waals surface area (Å²) in [5.74, 6) is 0.168. The van der Waals surface area contributed by atoms with Gasteiger partial charge in [-0.05, 0) is 60.7 Å². The lowest BCUT2D eigenvalue weighted by atomic mass is 10.2. The molecule has 138 valence electrons. The monoisotopic (exact) mass is 452 g/mol. The van der Waals surface area contributed by atoms with Gasteiger partial charge in [-0.3, -0.25) is 10.1 Å². The summed E-state index contributed by atoms with van der Waals surface area (Å²) in [7, 11) is 0. The molecule has 0 saturated carbocycles. The maximum absolute atomic E-state index is 12.3. The zero-order valence-electron chi connectivity index (χ0n) is 14.3. The number of benzene rings is 2. The van der Waals surface area contributed by atoms with Crippen molar-refractivity contribution in [1.29, 1.82) is 0 Å². The number of nitrogens with one attached hydrogen (secondary N) is 2. The summed E-state index contributed by atoms with van der Waals surface area (Å²) in [5, 5.41) is 5.86. The standard InChI is InChI=1S/C20H13BrN4O2S/c21-14-6-1-4-12(10-14)18(26)25-20(28)23-15-7-2-5-13(11-15)19-24-17-16(27-19)8-3-9-22-17/h1-11H,(H2,23,25,26,28). The maximum atomic E-state index is 12.3. The van der Waals surface area contributed by atoms with E-state index in [-0.39, 0.29) is 11.0 Å².